The molecule has 0 spiro atoms. The Morgan fingerprint density at radius 2 is 1.51 bits per heavy atom. The zero-order valence-corrected chi connectivity index (χ0v) is 26.2. The van der Waals surface area contributed by atoms with Crippen LogP contribution in [0.1, 0.15) is 66.2 Å². The largest absolute Gasteiger partial charge is 0.294 e. The number of sulfone groups is 1. The summed E-state index contributed by atoms with van der Waals surface area (Å²) < 4.78 is 51.3. The van der Waals surface area contributed by atoms with E-state index in [1.165, 1.54) is 10.6 Å². The highest BCUT2D eigenvalue weighted by Gasteiger charge is 2.29. The number of fused-ring (bicyclic) bond motifs is 1. The molecule has 0 unspecified atom stereocenters. The SMILES string of the molecule is Cc1ccc(S(=O)(=O)N2CCc3cc(C(=O)CCCN(Cc4ccc(S(C)(=O)=O)cc4)C(C)(C)C)ccc3C2)cc1. The number of carbonyl (C=O) groups excluding carboxylic acids is 1. The molecule has 0 amide bonds. The zero-order chi connectivity index (χ0) is 30.0. The minimum atomic E-state index is -3.58. The molecule has 41 heavy (non-hydrogen) atoms. The third kappa shape index (κ3) is 7.71. The van der Waals surface area contributed by atoms with Gasteiger partial charge in [0.15, 0.2) is 15.6 Å². The maximum atomic E-state index is 13.1. The fourth-order valence-electron chi connectivity index (χ4n) is 5.05. The first-order valence-electron chi connectivity index (χ1n) is 13.9. The maximum absolute atomic E-state index is 13.1. The van der Waals surface area contributed by atoms with Crippen molar-refractivity contribution in [3.05, 3.63) is 94.5 Å². The van der Waals surface area contributed by atoms with Gasteiger partial charge in [0.2, 0.25) is 10.0 Å². The molecule has 0 fully saturated rings. The summed E-state index contributed by atoms with van der Waals surface area (Å²) in [5.41, 5.74) is 4.53. The third-order valence-corrected chi connectivity index (χ3v) is 10.7. The second-order valence-corrected chi connectivity index (χ2v) is 15.9. The van der Waals surface area contributed by atoms with Crippen molar-refractivity contribution in [1.82, 2.24) is 9.21 Å². The topological polar surface area (TPSA) is 91.8 Å². The van der Waals surface area contributed by atoms with E-state index in [2.05, 4.69) is 25.7 Å². The Kier molecular flexibility index (Phi) is 9.23. The van der Waals surface area contributed by atoms with Gasteiger partial charge in [0.05, 0.1) is 9.79 Å². The first-order chi connectivity index (χ1) is 19.1. The van der Waals surface area contributed by atoms with Crippen LogP contribution in [-0.4, -0.2) is 56.7 Å². The van der Waals surface area contributed by atoms with Crippen molar-refractivity contribution >= 4 is 25.6 Å². The van der Waals surface area contributed by atoms with E-state index < -0.39 is 19.9 Å². The van der Waals surface area contributed by atoms with E-state index in [4.69, 9.17) is 0 Å². The van der Waals surface area contributed by atoms with Gasteiger partial charge in [-0.3, -0.25) is 9.69 Å². The van der Waals surface area contributed by atoms with Crippen LogP contribution in [0.5, 0.6) is 0 Å². The molecule has 4 rings (SSSR count). The summed E-state index contributed by atoms with van der Waals surface area (Å²) >= 11 is 0. The quantitative estimate of drug-likeness (QED) is 0.291. The normalized spacial score (nSPS) is 14.7. The third-order valence-electron chi connectivity index (χ3n) is 7.67. The van der Waals surface area contributed by atoms with Crippen molar-refractivity contribution in [2.24, 2.45) is 0 Å². The predicted octanol–water partition coefficient (Wildman–Crippen LogP) is 5.41. The Labute approximate surface area is 245 Å². The van der Waals surface area contributed by atoms with Crippen LogP contribution in [0.2, 0.25) is 0 Å². The smallest absolute Gasteiger partial charge is 0.243 e. The van der Waals surface area contributed by atoms with E-state index in [-0.39, 0.29) is 11.3 Å². The van der Waals surface area contributed by atoms with Crippen LogP contribution >= 0.6 is 0 Å². The molecular formula is C32H40N2O5S2. The van der Waals surface area contributed by atoms with Crippen LogP contribution in [0.3, 0.4) is 0 Å². The van der Waals surface area contributed by atoms with Crippen molar-refractivity contribution in [2.75, 3.05) is 19.3 Å². The van der Waals surface area contributed by atoms with Gasteiger partial charge < -0.3 is 0 Å². The average molecular weight is 597 g/mol. The summed E-state index contributed by atoms with van der Waals surface area (Å²) in [4.78, 5) is 16.0. The van der Waals surface area contributed by atoms with Gasteiger partial charge in [-0.15, -0.1) is 0 Å². The van der Waals surface area contributed by atoms with Crippen molar-refractivity contribution in [3.8, 4) is 0 Å². The summed E-state index contributed by atoms with van der Waals surface area (Å²) in [5, 5.41) is 0. The molecule has 0 radical (unpaired) electrons. The van der Waals surface area contributed by atoms with E-state index in [1.807, 2.05) is 49.4 Å². The fraction of sp³-hybridized carbons (Fsp3) is 0.406. The number of hydrogen-bond acceptors (Lipinski definition) is 6. The van der Waals surface area contributed by atoms with Gasteiger partial charge in [-0.1, -0.05) is 42.0 Å². The molecule has 3 aromatic carbocycles. The molecule has 3 aromatic rings. The highest BCUT2D eigenvalue weighted by Crippen LogP contribution is 2.27. The van der Waals surface area contributed by atoms with Crippen molar-refractivity contribution in [2.45, 2.75) is 75.4 Å². The number of carbonyl (C=O) groups is 1. The van der Waals surface area contributed by atoms with Crippen LogP contribution in [-0.2, 0) is 39.4 Å². The molecule has 1 heterocycles. The summed E-state index contributed by atoms with van der Waals surface area (Å²) in [6.45, 7) is 10.4. The van der Waals surface area contributed by atoms with Gasteiger partial charge in [0.1, 0.15) is 0 Å². The lowest BCUT2D eigenvalue weighted by molar-refractivity contribution is 0.0945. The summed E-state index contributed by atoms with van der Waals surface area (Å²) in [5.74, 6) is 0.0777. The average Bonchev–Trinajstić information content (AvgIpc) is 2.91. The van der Waals surface area contributed by atoms with E-state index in [1.54, 1.807) is 24.3 Å². The molecule has 0 bridgehead atoms. The Balaban J connectivity index is 1.36. The summed E-state index contributed by atoms with van der Waals surface area (Å²) in [6.07, 6.45) is 2.87. The number of aryl methyl sites for hydroxylation is 1. The molecule has 9 heteroatoms. The second kappa shape index (κ2) is 12.2. The molecule has 0 aliphatic carbocycles. The monoisotopic (exact) mass is 596 g/mol. The predicted molar refractivity (Wildman–Crippen MR) is 162 cm³/mol. The van der Waals surface area contributed by atoms with Crippen LogP contribution < -0.4 is 0 Å². The molecule has 0 N–H and O–H groups in total. The molecule has 0 saturated carbocycles. The lowest BCUT2D eigenvalue weighted by Crippen LogP contribution is -2.41. The van der Waals surface area contributed by atoms with Gasteiger partial charge in [0, 0.05) is 43.4 Å². The standard InChI is InChI=1S/C32H40N2O5S2/c1-24-8-14-30(15-9-24)41(38,39)34-20-18-26-21-27(12-13-28(26)23-34)31(35)7-6-19-33(32(2,3)4)22-25-10-16-29(17-11-25)40(5,36)37/h8-17,21H,6-7,18-20,22-23H2,1-5H3. The van der Waals surface area contributed by atoms with E-state index in [0.717, 1.165) is 28.8 Å². The fourth-order valence-corrected chi connectivity index (χ4v) is 7.10. The van der Waals surface area contributed by atoms with E-state index in [9.17, 15) is 21.6 Å². The Morgan fingerprint density at radius 1 is 0.878 bits per heavy atom. The highest BCUT2D eigenvalue weighted by molar-refractivity contribution is 7.90. The van der Waals surface area contributed by atoms with E-state index in [0.29, 0.717) is 54.3 Å². The van der Waals surface area contributed by atoms with Gasteiger partial charge in [-0.05, 0) is 94.1 Å². The number of ketones is 1. The molecule has 0 saturated heterocycles. The number of sulfonamides is 1. The maximum Gasteiger partial charge on any atom is 0.243 e. The highest BCUT2D eigenvalue weighted by atomic mass is 32.2. The van der Waals surface area contributed by atoms with Crippen LogP contribution in [0.4, 0.5) is 0 Å². The lowest BCUT2D eigenvalue weighted by Gasteiger charge is -2.36. The van der Waals surface area contributed by atoms with Gasteiger partial charge in [-0.25, -0.2) is 16.8 Å². The first-order valence-corrected chi connectivity index (χ1v) is 17.2. The zero-order valence-electron chi connectivity index (χ0n) is 24.6. The summed E-state index contributed by atoms with van der Waals surface area (Å²) in [7, 11) is -6.81. The van der Waals surface area contributed by atoms with Crippen LogP contribution in [0.25, 0.3) is 0 Å². The molecule has 0 atom stereocenters. The Hall–Kier alpha value is -2.85. The van der Waals surface area contributed by atoms with Gasteiger partial charge in [-0.2, -0.15) is 4.31 Å². The number of Topliss-reactive ketones (excluding diaryl/α,β-unsaturated/α-hetero) is 1. The van der Waals surface area contributed by atoms with Crippen molar-refractivity contribution in [3.63, 3.8) is 0 Å². The number of benzene rings is 3. The van der Waals surface area contributed by atoms with Crippen molar-refractivity contribution < 1.29 is 21.6 Å². The van der Waals surface area contributed by atoms with Gasteiger partial charge >= 0.3 is 0 Å². The first kappa shape index (κ1) is 31.1. The van der Waals surface area contributed by atoms with Crippen LogP contribution in [0, 0.1) is 6.92 Å². The Morgan fingerprint density at radius 3 is 2.12 bits per heavy atom. The second-order valence-electron chi connectivity index (χ2n) is 11.9. The summed E-state index contributed by atoms with van der Waals surface area (Å²) in [6, 6.07) is 19.5. The molecular weight excluding hydrogens is 556 g/mol. The minimum Gasteiger partial charge on any atom is -0.294 e. The van der Waals surface area contributed by atoms with Gasteiger partial charge in [0.25, 0.3) is 0 Å². The van der Waals surface area contributed by atoms with Crippen molar-refractivity contribution in [1.29, 1.82) is 0 Å². The number of hydrogen-bond donors (Lipinski definition) is 0. The molecule has 220 valence electrons. The number of nitrogens with zero attached hydrogens (tertiary/aromatic N) is 2. The molecule has 0 aromatic heterocycles. The molecule has 1 aliphatic rings. The molecule has 1 aliphatic heterocycles. The van der Waals surface area contributed by atoms with Crippen LogP contribution in [0.15, 0.2) is 76.5 Å². The molecule has 7 nitrogen and oxygen atoms in total. The van der Waals surface area contributed by atoms with E-state index >= 15 is 0 Å². The minimum absolute atomic E-state index is 0.0777. The Bertz CT molecular complexity index is 1610. The lowest BCUT2D eigenvalue weighted by atomic mass is 9.95. The number of rotatable bonds is 10.